The van der Waals surface area contributed by atoms with Crippen LogP contribution in [0.15, 0.2) is 67.4 Å². The predicted molar refractivity (Wildman–Crippen MR) is 136 cm³/mol. The van der Waals surface area contributed by atoms with E-state index in [1.54, 1.807) is 0 Å². The van der Waals surface area contributed by atoms with Crippen LogP contribution < -0.4 is 5.32 Å². The molecule has 16 nitrogen and oxygen atoms in total. The van der Waals surface area contributed by atoms with E-state index >= 15 is 0 Å². The van der Waals surface area contributed by atoms with Crippen molar-refractivity contribution in [2.24, 2.45) is 10.2 Å². The molecular weight excluding hydrogens is 598 g/mol. The van der Waals surface area contributed by atoms with Gasteiger partial charge < -0.3 is 25.7 Å². The molecule has 40 heavy (non-hydrogen) atoms. The fourth-order valence-electron chi connectivity index (χ4n) is 3.38. The van der Waals surface area contributed by atoms with Crippen molar-refractivity contribution in [3.05, 3.63) is 42.5 Å². The van der Waals surface area contributed by atoms with E-state index < -0.39 is 87.1 Å². The molecule has 216 valence electrons. The molecule has 3 aromatic rings. The minimum absolute atomic E-state index is 0.104. The first-order valence-corrected chi connectivity index (χ1v) is 15.3. The van der Waals surface area contributed by atoms with Crippen LogP contribution in [0.2, 0.25) is 0 Å². The molecule has 19 heteroatoms. The van der Waals surface area contributed by atoms with Crippen LogP contribution in [0.3, 0.4) is 0 Å². The zero-order valence-electron chi connectivity index (χ0n) is 19.9. The summed E-state index contributed by atoms with van der Waals surface area (Å²) in [5.41, 5.74) is -1.08. The molecule has 0 spiro atoms. The smallest absolute Gasteiger partial charge is 0.323 e. The first kappa shape index (κ1) is 30.8. The van der Waals surface area contributed by atoms with Crippen LogP contribution in [-0.2, 0) is 34.9 Å². The van der Waals surface area contributed by atoms with Crippen molar-refractivity contribution in [1.82, 2.24) is 5.32 Å². The van der Waals surface area contributed by atoms with E-state index in [0.717, 1.165) is 42.5 Å². The summed E-state index contributed by atoms with van der Waals surface area (Å²) in [4.78, 5) is 8.83. The topological polar surface area (TPSA) is 278 Å². The number of aliphatic carboxylic acids is 1. The maximum Gasteiger partial charge on any atom is 0.323 e. The van der Waals surface area contributed by atoms with Gasteiger partial charge in [-0.15, -0.1) is 10.2 Å². The lowest BCUT2D eigenvalue weighted by atomic mass is 10.1. The molecule has 1 unspecified atom stereocenters. The Kier molecular flexibility index (Phi) is 8.79. The van der Waals surface area contributed by atoms with Gasteiger partial charge >= 0.3 is 5.97 Å². The monoisotopic (exact) mass is 619 g/mol. The number of azo groups is 1. The number of sulfone groups is 1. The van der Waals surface area contributed by atoms with Crippen molar-refractivity contribution >= 4 is 58.2 Å². The molecular formula is C21H21N3O13S3. The second-order valence-electron chi connectivity index (χ2n) is 8.10. The fourth-order valence-corrected chi connectivity index (χ4v) is 5.71. The van der Waals surface area contributed by atoms with Crippen LogP contribution in [0.5, 0.6) is 11.5 Å². The summed E-state index contributed by atoms with van der Waals surface area (Å²) >= 11 is 0. The average molecular weight is 620 g/mol. The molecule has 3 rings (SSSR count). The summed E-state index contributed by atoms with van der Waals surface area (Å²) in [6, 6.07) is 4.98. The van der Waals surface area contributed by atoms with E-state index in [1.165, 1.54) is 0 Å². The summed E-state index contributed by atoms with van der Waals surface area (Å²) < 4.78 is 90.8. The number of hydrogen-bond donors (Lipinski definition) is 7. The van der Waals surface area contributed by atoms with Crippen LogP contribution in [-0.4, -0.2) is 85.7 Å². The minimum atomic E-state index is -5.09. The molecule has 0 radical (unpaired) electrons. The Morgan fingerprint density at radius 2 is 1.52 bits per heavy atom. The Bertz CT molecular complexity index is 1840. The second-order valence-corrected chi connectivity index (χ2v) is 13.0. The summed E-state index contributed by atoms with van der Waals surface area (Å²) in [5.74, 6) is -3.70. The van der Waals surface area contributed by atoms with Gasteiger partial charge in [0.25, 0.3) is 20.2 Å². The molecule has 0 amide bonds. The van der Waals surface area contributed by atoms with Crippen LogP contribution in [0.4, 0.5) is 11.4 Å². The minimum Gasteiger partial charge on any atom is -0.506 e. The molecule has 0 heterocycles. The fraction of sp³-hybridized carbons (Fsp3) is 0.190. The number of fused-ring (bicyclic) bond motifs is 1. The zero-order chi connectivity index (χ0) is 30.0. The van der Waals surface area contributed by atoms with Gasteiger partial charge in [0.1, 0.15) is 28.1 Å². The van der Waals surface area contributed by atoms with Gasteiger partial charge in [0.15, 0.2) is 15.6 Å². The number of hydrogen-bond acceptors (Lipinski definition) is 13. The van der Waals surface area contributed by atoms with Crippen LogP contribution in [0.25, 0.3) is 10.8 Å². The SMILES string of the molecule is O=C(O)C(CO)NCCS(=O)(=O)c1ccc(O)c(N=Nc2c(O)c(S(=O)(=O)O)cc3cc(S(=O)(=O)O)ccc23)c1. The Morgan fingerprint density at radius 1 is 0.875 bits per heavy atom. The number of nitrogens with one attached hydrogen (secondary N) is 1. The number of carbonyl (C=O) groups is 1. The van der Waals surface area contributed by atoms with E-state index in [0.29, 0.717) is 0 Å². The van der Waals surface area contributed by atoms with Crippen LogP contribution in [0.1, 0.15) is 0 Å². The number of carboxylic acid groups (broad SMARTS) is 1. The lowest BCUT2D eigenvalue weighted by Crippen LogP contribution is -2.41. The Labute approximate surface area is 226 Å². The normalized spacial score (nSPS) is 13.6. The predicted octanol–water partition coefficient (Wildman–Crippen LogP) is 0.969. The summed E-state index contributed by atoms with van der Waals surface area (Å²) in [5, 5.41) is 48.0. The highest BCUT2D eigenvalue weighted by molar-refractivity contribution is 7.91. The molecule has 0 fully saturated rings. The van der Waals surface area contributed by atoms with Gasteiger partial charge in [-0.05, 0) is 41.8 Å². The van der Waals surface area contributed by atoms with Crippen LogP contribution >= 0.6 is 0 Å². The van der Waals surface area contributed by atoms with Gasteiger partial charge in [-0.1, -0.05) is 6.07 Å². The van der Waals surface area contributed by atoms with Crippen LogP contribution in [0, 0.1) is 0 Å². The molecule has 0 aliphatic carbocycles. The highest BCUT2D eigenvalue weighted by Crippen LogP contribution is 2.42. The molecule has 0 saturated heterocycles. The van der Waals surface area contributed by atoms with Gasteiger partial charge in [-0.2, -0.15) is 16.8 Å². The molecule has 0 aliphatic heterocycles. The summed E-state index contributed by atoms with van der Waals surface area (Å²) in [6.45, 7) is -1.14. The van der Waals surface area contributed by atoms with E-state index in [9.17, 15) is 49.4 Å². The number of carboxylic acids is 1. The average Bonchev–Trinajstić information content (AvgIpc) is 2.84. The molecule has 0 bridgehead atoms. The molecule has 0 aromatic heterocycles. The molecule has 3 aromatic carbocycles. The third-order valence-electron chi connectivity index (χ3n) is 5.40. The maximum absolute atomic E-state index is 12.7. The maximum atomic E-state index is 12.7. The third kappa shape index (κ3) is 6.88. The lowest BCUT2D eigenvalue weighted by Gasteiger charge is -2.12. The molecule has 7 N–H and O–H groups in total. The quantitative estimate of drug-likeness (QED) is 0.116. The van der Waals surface area contributed by atoms with Crippen molar-refractivity contribution in [2.75, 3.05) is 18.9 Å². The van der Waals surface area contributed by atoms with Crippen molar-refractivity contribution in [3.8, 4) is 11.5 Å². The second kappa shape index (κ2) is 11.4. The van der Waals surface area contributed by atoms with E-state index in [1.807, 2.05) is 0 Å². The van der Waals surface area contributed by atoms with Crippen molar-refractivity contribution < 1.29 is 59.6 Å². The number of phenols is 2. The van der Waals surface area contributed by atoms with Gasteiger partial charge in [0.2, 0.25) is 0 Å². The number of aliphatic hydroxyl groups excluding tert-OH is 1. The number of phenolic OH excluding ortho intramolecular Hbond substituents is 2. The van der Waals surface area contributed by atoms with E-state index in [4.69, 9.17) is 10.2 Å². The van der Waals surface area contributed by atoms with Crippen molar-refractivity contribution in [2.45, 2.75) is 20.7 Å². The highest BCUT2D eigenvalue weighted by Gasteiger charge is 2.24. The van der Waals surface area contributed by atoms with Crippen molar-refractivity contribution in [1.29, 1.82) is 0 Å². The van der Waals surface area contributed by atoms with Gasteiger partial charge in [-0.25, -0.2) is 8.42 Å². The number of nitrogens with zero attached hydrogens (tertiary/aromatic N) is 2. The lowest BCUT2D eigenvalue weighted by molar-refractivity contribution is -0.140. The van der Waals surface area contributed by atoms with Gasteiger partial charge in [-0.3, -0.25) is 13.9 Å². The van der Waals surface area contributed by atoms with Gasteiger partial charge in [0, 0.05) is 11.9 Å². The first-order chi connectivity index (χ1) is 18.5. The van der Waals surface area contributed by atoms with Gasteiger partial charge in [0.05, 0.1) is 22.2 Å². The third-order valence-corrected chi connectivity index (χ3v) is 8.83. The number of benzene rings is 3. The number of aliphatic hydroxyl groups is 1. The Hall–Kier alpha value is -3.72. The first-order valence-electron chi connectivity index (χ1n) is 10.7. The standard InChI is InChI=1S/C21H21N3O13S3/c25-10-16(21(28)29)22-5-6-38(30,31)12-2-4-17(26)15(9-12)23-24-19-14-3-1-13(39(32,33)34)7-11(14)8-18(20(19)27)40(35,36)37/h1-4,7-9,16,22,25-27H,5-6,10H2,(H,28,29)(H,32,33,34)(H,35,36,37). The Morgan fingerprint density at radius 3 is 2.10 bits per heavy atom. The summed E-state index contributed by atoms with van der Waals surface area (Å²) in [6.07, 6.45) is 0. The zero-order valence-corrected chi connectivity index (χ0v) is 22.3. The largest absolute Gasteiger partial charge is 0.506 e. The van der Waals surface area contributed by atoms with E-state index in [2.05, 4.69) is 15.5 Å². The molecule has 0 saturated carbocycles. The molecule has 1 atom stereocenters. The Balaban J connectivity index is 2.06. The summed E-state index contributed by atoms with van der Waals surface area (Å²) in [7, 11) is -13.9. The molecule has 0 aliphatic rings. The highest BCUT2D eigenvalue weighted by atomic mass is 32.2. The number of aromatic hydroxyl groups is 2. The van der Waals surface area contributed by atoms with Crippen molar-refractivity contribution in [3.63, 3.8) is 0 Å². The van der Waals surface area contributed by atoms with E-state index in [-0.39, 0.29) is 22.2 Å². The number of rotatable bonds is 11.